The van der Waals surface area contributed by atoms with Gasteiger partial charge < -0.3 is 15.0 Å². The number of methoxy groups -OCH3 is 1. The predicted molar refractivity (Wildman–Crippen MR) is 144 cm³/mol. The van der Waals surface area contributed by atoms with Gasteiger partial charge in [-0.2, -0.15) is 0 Å². The summed E-state index contributed by atoms with van der Waals surface area (Å²) in [7, 11) is -2.83. The lowest BCUT2D eigenvalue weighted by Gasteiger charge is -2.32. The number of sulfonamides is 1. The number of aryl methyl sites for hydroxylation is 1. The molecule has 2 amide bonds. The molecule has 0 aliphatic heterocycles. The van der Waals surface area contributed by atoms with Crippen LogP contribution in [0.1, 0.15) is 25.0 Å². The molecule has 202 valence electrons. The van der Waals surface area contributed by atoms with Crippen molar-refractivity contribution in [2.75, 3.05) is 24.5 Å². The number of rotatable bonds is 11. The highest BCUT2D eigenvalue weighted by Crippen LogP contribution is 2.33. The van der Waals surface area contributed by atoms with Crippen LogP contribution in [0, 0.1) is 12.7 Å². The fraction of sp³-hybridized carbons (Fsp3) is 0.286. The van der Waals surface area contributed by atoms with E-state index in [1.807, 2.05) is 0 Å². The maximum Gasteiger partial charge on any atom is 0.264 e. The minimum Gasteiger partial charge on any atom is -0.495 e. The summed E-state index contributed by atoms with van der Waals surface area (Å²) < 4.78 is 48.7. The second kappa shape index (κ2) is 12.6. The van der Waals surface area contributed by atoms with Crippen LogP contribution in [-0.4, -0.2) is 51.4 Å². The number of carbonyl (C=O) groups excluding carboxylic acids is 2. The van der Waals surface area contributed by atoms with Crippen LogP contribution in [0.3, 0.4) is 0 Å². The van der Waals surface area contributed by atoms with Gasteiger partial charge in [0, 0.05) is 18.7 Å². The Bertz CT molecular complexity index is 1380. The number of likely N-dealkylation sites (N-methyl/N-ethyl adjacent to an activating group) is 1. The highest BCUT2D eigenvalue weighted by atomic mass is 32.2. The zero-order valence-corrected chi connectivity index (χ0v) is 22.7. The van der Waals surface area contributed by atoms with Gasteiger partial charge in [-0.15, -0.1) is 0 Å². The van der Waals surface area contributed by atoms with E-state index in [9.17, 15) is 22.4 Å². The standard InChI is InChI=1S/C28H32FN3O5S/c1-5-30-28(34)21(3)31(18-22-11-9-10-14-24(22)29)27(33)19-32(25-17-20(2)15-16-26(25)37-4)38(35,36)23-12-7-6-8-13-23/h6-17,21H,5,18-19H2,1-4H3,(H,30,34). The number of halogens is 1. The maximum absolute atomic E-state index is 14.5. The number of carbonyl (C=O) groups is 2. The second-order valence-electron chi connectivity index (χ2n) is 8.68. The molecular formula is C28H32FN3O5S. The molecular weight excluding hydrogens is 509 g/mol. The average molecular weight is 542 g/mol. The van der Waals surface area contributed by atoms with E-state index in [1.165, 1.54) is 49.3 Å². The quantitative estimate of drug-likeness (QED) is 0.397. The molecule has 0 aliphatic rings. The number of nitrogens with one attached hydrogen (secondary N) is 1. The van der Waals surface area contributed by atoms with Crippen molar-refractivity contribution < 1.29 is 27.1 Å². The Hall–Kier alpha value is -3.92. The summed E-state index contributed by atoms with van der Waals surface area (Å²) in [5.74, 6) is -1.42. The van der Waals surface area contributed by atoms with E-state index in [2.05, 4.69) is 5.32 Å². The van der Waals surface area contributed by atoms with Gasteiger partial charge >= 0.3 is 0 Å². The molecule has 3 aromatic carbocycles. The molecule has 1 N–H and O–H groups in total. The molecule has 0 fully saturated rings. The van der Waals surface area contributed by atoms with Crippen molar-refractivity contribution >= 4 is 27.5 Å². The number of ether oxygens (including phenoxy) is 1. The molecule has 0 bridgehead atoms. The minimum atomic E-state index is -4.24. The van der Waals surface area contributed by atoms with Gasteiger partial charge in [0.2, 0.25) is 11.8 Å². The third-order valence-corrected chi connectivity index (χ3v) is 7.80. The number of anilines is 1. The van der Waals surface area contributed by atoms with Crippen LogP contribution in [-0.2, 0) is 26.2 Å². The number of hydrogen-bond donors (Lipinski definition) is 1. The van der Waals surface area contributed by atoms with Crippen molar-refractivity contribution in [1.82, 2.24) is 10.2 Å². The Morgan fingerprint density at radius 1 is 1.03 bits per heavy atom. The first-order chi connectivity index (χ1) is 18.1. The van der Waals surface area contributed by atoms with E-state index < -0.39 is 40.2 Å². The molecule has 0 aromatic heterocycles. The minimum absolute atomic E-state index is 0.0196. The summed E-state index contributed by atoms with van der Waals surface area (Å²) in [4.78, 5) is 27.7. The molecule has 0 aliphatic carbocycles. The number of amides is 2. The van der Waals surface area contributed by atoms with Crippen LogP contribution in [0.25, 0.3) is 0 Å². The lowest BCUT2D eigenvalue weighted by atomic mass is 10.1. The largest absolute Gasteiger partial charge is 0.495 e. The Labute approximate surface area is 223 Å². The van der Waals surface area contributed by atoms with Crippen LogP contribution in [0.4, 0.5) is 10.1 Å². The van der Waals surface area contributed by atoms with E-state index in [-0.39, 0.29) is 28.4 Å². The van der Waals surface area contributed by atoms with Gasteiger partial charge in [0.1, 0.15) is 24.2 Å². The monoisotopic (exact) mass is 541 g/mol. The van der Waals surface area contributed by atoms with Gasteiger partial charge in [0.05, 0.1) is 17.7 Å². The first-order valence-corrected chi connectivity index (χ1v) is 13.6. The van der Waals surface area contributed by atoms with Gasteiger partial charge in [-0.25, -0.2) is 12.8 Å². The van der Waals surface area contributed by atoms with Gasteiger partial charge in [-0.05, 0) is 56.7 Å². The van der Waals surface area contributed by atoms with Crippen molar-refractivity contribution in [3.05, 3.63) is 89.7 Å². The number of nitrogens with zero attached hydrogens (tertiary/aromatic N) is 2. The van der Waals surface area contributed by atoms with Gasteiger partial charge in [0.15, 0.2) is 0 Å². The smallest absolute Gasteiger partial charge is 0.264 e. The summed E-state index contributed by atoms with van der Waals surface area (Å²) in [6, 6.07) is 17.7. The lowest BCUT2D eigenvalue weighted by molar-refractivity contribution is -0.139. The first kappa shape index (κ1) is 28.6. The van der Waals surface area contributed by atoms with Crippen LogP contribution in [0.15, 0.2) is 77.7 Å². The number of benzene rings is 3. The third-order valence-electron chi connectivity index (χ3n) is 6.03. The normalized spacial score (nSPS) is 11.9. The van der Waals surface area contributed by atoms with Crippen LogP contribution < -0.4 is 14.4 Å². The number of hydrogen-bond acceptors (Lipinski definition) is 5. The fourth-order valence-corrected chi connectivity index (χ4v) is 5.38. The van der Waals surface area contributed by atoms with E-state index >= 15 is 0 Å². The lowest BCUT2D eigenvalue weighted by Crippen LogP contribution is -2.51. The molecule has 0 heterocycles. The summed E-state index contributed by atoms with van der Waals surface area (Å²) in [6.45, 7) is 4.52. The summed E-state index contributed by atoms with van der Waals surface area (Å²) in [5, 5.41) is 2.67. The van der Waals surface area contributed by atoms with E-state index in [0.29, 0.717) is 6.54 Å². The highest BCUT2D eigenvalue weighted by Gasteiger charge is 2.34. The molecule has 3 rings (SSSR count). The Morgan fingerprint density at radius 3 is 2.32 bits per heavy atom. The fourth-order valence-electron chi connectivity index (χ4n) is 3.94. The third kappa shape index (κ3) is 6.49. The van der Waals surface area contributed by atoms with E-state index in [4.69, 9.17) is 4.74 Å². The summed E-state index contributed by atoms with van der Waals surface area (Å²) >= 11 is 0. The molecule has 0 radical (unpaired) electrons. The van der Waals surface area contributed by atoms with Crippen molar-refractivity contribution in [1.29, 1.82) is 0 Å². The first-order valence-electron chi connectivity index (χ1n) is 12.1. The van der Waals surface area contributed by atoms with Crippen molar-refractivity contribution in [2.24, 2.45) is 0 Å². The van der Waals surface area contributed by atoms with Crippen molar-refractivity contribution in [3.8, 4) is 5.75 Å². The van der Waals surface area contributed by atoms with Gasteiger partial charge in [0.25, 0.3) is 10.0 Å². The SMILES string of the molecule is CCNC(=O)C(C)N(Cc1ccccc1F)C(=O)CN(c1cc(C)ccc1OC)S(=O)(=O)c1ccccc1. The van der Waals surface area contributed by atoms with Crippen LogP contribution in [0.2, 0.25) is 0 Å². The highest BCUT2D eigenvalue weighted by molar-refractivity contribution is 7.92. The maximum atomic E-state index is 14.5. The molecule has 0 saturated heterocycles. The van der Waals surface area contributed by atoms with Crippen LogP contribution >= 0.6 is 0 Å². The Balaban J connectivity index is 2.10. The molecule has 1 unspecified atom stereocenters. The average Bonchev–Trinajstić information content (AvgIpc) is 2.91. The topological polar surface area (TPSA) is 96.0 Å². The second-order valence-corrected chi connectivity index (χ2v) is 10.5. The molecule has 3 aromatic rings. The zero-order chi connectivity index (χ0) is 27.9. The van der Waals surface area contributed by atoms with E-state index in [1.54, 1.807) is 56.3 Å². The zero-order valence-electron chi connectivity index (χ0n) is 21.8. The molecule has 10 heteroatoms. The van der Waals surface area contributed by atoms with Gasteiger partial charge in [-0.3, -0.25) is 13.9 Å². The van der Waals surface area contributed by atoms with E-state index in [0.717, 1.165) is 9.87 Å². The molecule has 1 atom stereocenters. The molecule has 0 saturated carbocycles. The molecule has 0 spiro atoms. The predicted octanol–water partition coefficient (Wildman–Crippen LogP) is 3.89. The Kier molecular flexibility index (Phi) is 9.46. The van der Waals surface area contributed by atoms with Gasteiger partial charge in [-0.1, -0.05) is 42.5 Å². The summed E-state index contributed by atoms with van der Waals surface area (Å²) in [6.07, 6.45) is 0. The summed E-state index contributed by atoms with van der Waals surface area (Å²) in [5.41, 5.74) is 1.12. The van der Waals surface area contributed by atoms with Crippen molar-refractivity contribution in [3.63, 3.8) is 0 Å². The van der Waals surface area contributed by atoms with Crippen molar-refractivity contribution in [2.45, 2.75) is 38.3 Å². The molecule has 38 heavy (non-hydrogen) atoms. The van der Waals surface area contributed by atoms with Crippen LogP contribution in [0.5, 0.6) is 5.75 Å². The Morgan fingerprint density at radius 2 is 1.68 bits per heavy atom. The molecule has 8 nitrogen and oxygen atoms in total.